The van der Waals surface area contributed by atoms with E-state index in [-0.39, 0.29) is 6.10 Å². The van der Waals surface area contributed by atoms with Crippen LogP contribution in [0, 0.1) is 46.3 Å². The van der Waals surface area contributed by atoms with Crippen molar-refractivity contribution >= 4 is 0 Å². The van der Waals surface area contributed by atoms with Gasteiger partial charge in [-0.3, -0.25) is 0 Å². The second-order valence-corrected chi connectivity index (χ2v) is 12.5. The van der Waals surface area contributed by atoms with Gasteiger partial charge in [-0.05, 0) is 97.7 Å². The zero-order chi connectivity index (χ0) is 21.7. The third-order valence-corrected chi connectivity index (χ3v) is 10.8. The van der Waals surface area contributed by atoms with Crippen molar-refractivity contribution in [3.63, 3.8) is 0 Å². The molecule has 0 aromatic rings. The van der Waals surface area contributed by atoms with Gasteiger partial charge in [-0.2, -0.15) is 0 Å². The number of fused-ring (bicyclic) bond motifs is 5. The molecule has 1 nitrogen and oxygen atoms in total. The highest BCUT2D eigenvalue weighted by Crippen LogP contribution is 2.66. The molecule has 8 atom stereocenters. The van der Waals surface area contributed by atoms with Crippen molar-refractivity contribution in [2.45, 2.75) is 112 Å². The molecule has 3 fully saturated rings. The number of rotatable bonds is 6. The highest BCUT2D eigenvalue weighted by molar-refractivity contribution is 5.38. The first-order chi connectivity index (χ1) is 14.2. The zero-order valence-corrected chi connectivity index (χ0v) is 20.7. The van der Waals surface area contributed by atoms with Crippen LogP contribution in [0.15, 0.2) is 23.3 Å². The minimum atomic E-state index is -0.109. The van der Waals surface area contributed by atoms with E-state index < -0.39 is 0 Å². The van der Waals surface area contributed by atoms with Crippen LogP contribution in [-0.2, 0) is 0 Å². The van der Waals surface area contributed by atoms with Gasteiger partial charge in [-0.25, -0.2) is 0 Å². The molecule has 0 aliphatic heterocycles. The summed E-state index contributed by atoms with van der Waals surface area (Å²) in [5.74, 6) is 5.03. The fourth-order valence-corrected chi connectivity index (χ4v) is 8.65. The van der Waals surface area contributed by atoms with Gasteiger partial charge in [0.2, 0.25) is 0 Å². The molecular formula is C29H48O. The Bertz CT molecular complexity index is 686. The normalized spacial score (nSPS) is 42.7. The van der Waals surface area contributed by atoms with Gasteiger partial charge in [0.15, 0.2) is 0 Å². The maximum Gasteiger partial charge on any atom is 0.0578 e. The molecule has 4 aliphatic carbocycles. The predicted molar refractivity (Wildman–Crippen MR) is 128 cm³/mol. The van der Waals surface area contributed by atoms with Gasteiger partial charge < -0.3 is 5.11 Å². The van der Waals surface area contributed by atoms with Gasteiger partial charge in [0, 0.05) is 0 Å². The molecule has 1 heteroatoms. The van der Waals surface area contributed by atoms with Crippen LogP contribution in [0.2, 0.25) is 0 Å². The SMILES string of the molecule is CC[C@H](CC[C@@H](C)[C@H]1CC[C@H]2C3=CC=C4CC(O)CC[C@]4(C)[C@H]3CC[C@]12C)C(C)C. The average molecular weight is 413 g/mol. The number of hydrogen-bond acceptors (Lipinski definition) is 1. The Balaban J connectivity index is 1.51. The molecule has 3 saturated carbocycles. The van der Waals surface area contributed by atoms with E-state index in [1.54, 1.807) is 11.1 Å². The topological polar surface area (TPSA) is 20.2 Å². The Kier molecular flexibility index (Phi) is 6.35. The zero-order valence-electron chi connectivity index (χ0n) is 20.7. The lowest BCUT2D eigenvalue weighted by Gasteiger charge is -2.55. The molecule has 0 heterocycles. The monoisotopic (exact) mass is 412 g/mol. The molecule has 0 radical (unpaired) electrons. The van der Waals surface area contributed by atoms with Crippen molar-refractivity contribution in [1.29, 1.82) is 0 Å². The van der Waals surface area contributed by atoms with Gasteiger partial charge in [-0.1, -0.05) is 77.7 Å². The highest BCUT2D eigenvalue weighted by atomic mass is 16.3. The summed E-state index contributed by atoms with van der Waals surface area (Å²) in [5.41, 5.74) is 4.17. The molecule has 0 spiro atoms. The van der Waals surface area contributed by atoms with Crippen molar-refractivity contribution < 1.29 is 5.11 Å². The van der Waals surface area contributed by atoms with Crippen molar-refractivity contribution in [2.24, 2.45) is 46.3 Å². The van der Waals surface area contributed by atoms with E-state index in [0.717, 1.165) is 48.3 Å². The largest absolute Gasteiger partial charge is 0.393 e. The first-order valence-corrected chi connectivity index (χ1v) is 13.3. The van der Waals surface area contributed by atoms with Crippen LogP contribution in [0.1, 0.15) is 106 Å². The molecule has 0 aromatic carbocycles. The smallest absolute Gasteiger partial charge is 0.0578 e. The van der Waals surface area contributed by atoms with E-state index in [0.29, 0.717) is 10.8 Å². The highest BCUT2D eigenvalue weighted by Gasteiger charge is 2.56. The maximum absolute atomic E-state index is 10.2. The maximum atomic E-state index is 10.2. The fourth-order valence-electron chi connectivity index (χ4n) is 8.65. The third-order valence-electron chi connectivity index (χ3n) is 10.8. The molecule has 0 saturated heterocycles. The summed E-state index contributed by atoms with van der Waals surface area (Å²) < 4.78 is 0. The summed E-state index contributed by atoms with van der Waals surface area (Å²) >= 11 is 0. The van der Waals surface area contributed by atoms with E-state index in [9.17, 15) is 5.11 Å². The minimum Gasteiger partial charge on any atom is -0.393 e. The quantitative estimate of drug-likeness (QED) is 0.469. The number of aliphatic hydroxyl groups is 1. The summed E-state index contributed by atoms with van der Waals surface area (Å²) in [6.45, 7) is 15.0. The lowest BCUT2D eigenvalue weighted by atomic mass is 9.50. The fraction of sp³-hybridized carbons (Fsp3) is 0.862. The summed E-state index contributed by atoms with van der Waals surface area (Å²) in [6.07, 6.45) is 17.8. The van der Waals surface area contributed by atoms with E-state index in [1.807, 2.05) is 0 Å². The molecule has 1 N–H and O–H groups in total. The Hall–Kier alpha value is -0.560. The van der Waals surface area contributed by atoms with Crippen LogP contribution >= 0.6 is 0 Å². The molecule has 0 aromatic heterocycles. The molecule has 0 amide bonds. The molecular weight excluding hydrogens is 364 g/mol. The number of allylic oxidation sites excluding steroid dienone is 3. The van der Waals surface area contributed by atoms with E-state index in [2.05, 4.69) is 53.7 Å². The Morgan fingerprint density at radius 2 is 1.73 bits per heavy atom. The van der Waals surface area contributed by atoms with Crippen LogP contribution in [0.3, 0.4) is 0 Å². The Labute approximate surface area is 186 Å². The van der Waals surface area contributed by atoms with E-state index in [4.69, 9.17) is 0 Å². The minimum absolute atomic E-state index is 0.109. The Morgan fingerprint density at radius 3 is 2.43 bits per heavy atom. The molecule has 170 valence electrons. The van der Waals surface area contributed by atoms with Crippen LogP contribution in [0.25, 0.3) is 0 Å². The van der Waals surface area contributed by atoms with Crippen LogP contribution in [-0.4, -0.2) is 11.2 Å². The summed E-state index contributed by atoms with van der Waals surface area (Å²) in [7, 11) is 0. The van der Waals surface area contributed by atoms with Crippen molar-refractivity contribution in [2.75, 3.05) is 0 Å². The molecule has 30 heavy (non-hydrogen) atoms. The number of aliphatic hydroxyl groups excluding tert-OH is 1. The molecule has 0 bridgehead atoms. The van der Waals surface area contributed by atoms with Crippen molar-refractivity contribution in [1.82, 2.24) is 0 Å². The predicted octanol–water partition coefficient (Wildman–Crippen LogP) is 7.94. The number of hydrogen-bond donors (Lipinski definition) is 1. The third kappa shape index (κ3) is 3.66. The van der Waals surface area contributed by atoms with Crippen LogP contribution < -0.4 is 0 Å². The molecule has 4 rings (SSSR count). The standard InChI is InChI=1S/C29H48O/c1-7-21(19(2)3)9-8-20(4)25-12-13-26-24-11-10-22-18-23(30)14-16-28(22,5)27(24)15-17-29(25,26)6/h10-11,19-21,23,25-27,30H,7-9,12-18H2,1-6H3/t20-,21-,23?,25-,26+,27+,28+,29-/m1/s1. The summed E-state index contributed by atoms with van der Waals surface area (Å²) in [5, 5.41) is 10.2. The van der Waals surface area contributed by atoms with Crippen molar-refractivity contribution in [3.8, 4) is 0 Å². The van der Waals surface area contributed by atoms with Gasteiger partial charge in [0.1, 0.15) is 0 Å². The second-order valence-electron chi connectivity index (χ2n) is 12.5. The van der Waals surface area contributed by atoms with E-state index in [1.165, 1.54) is 51.4 Å². The lowest BCUT2D eigenvalue weighted by molar-refractivity contribution is 0.0315. The Morgan fingerprint density at radius 1 is 0.967 bits per heavy atom. The van der Waals surface area contributed by atoms with Gasteiger partial charge >= 0.3 is 0 Å². The first kappa shape index (κ1) is 22.6. The average Bonchev–Trinajstić information content (AvgIpc) is 3.06. The van der Waals surface area contributed by atoms with E-state index >= 15 is 0 Å². The van der Waals surface area contributed by atoms with Crippen LogP contribution in [0.4, 0.5) is 0 Å². The van der Waals surface area contributed by atoms with Gasteiger partial charge in [0.05, 0.1) is 6.10 Å². The van der Waals surface area contributed by atoms with Crippen molar-refractivity contribution in [3.05, 3.63) is 23.3 Å². The lowest BCUT2D eigenvalue weighted by Crippen LogP contribution is -2.46. The molecule has 1 unspecified atom stereocenters. The second kappa shape index (κ2) is 8.42. The molecule has 4 aliphatic rings. The summed E-state index contributed by atoms with van der Waals surface area (Å²) in [6, 6.07) is 0. The first-order valence-electron chi connectivity index (χ1n) is 13.3. The summed E-state index contributed by atoms with van der Waals surface area (Å²) in [4.78, 5) is 0. The van der Waals surface area contributed by atoms with Gasteiger partial charge in [0.25, 0.3) is 0 Å². The van der Waals surface area contributed by atoms with Gasteiger partial charge in [-0.15, -0.1) is 0 Å². The van der Waals surface area contributed by atoms with Crippen LogP contribution in [0.5, 0.6) is 0 Å².